The molecule has 8 nitrogen and oxygen atoms in total. The molecule has 1 aromatic carbocycles. The molecule has 0 N–H and O–H groups in total. The standard InChI is InChI=1S/C19H22N6O2S/c1-14-20-21-18-7-8-19(22-25(14)18)23-9-16-11-24(12-17(16)10-23)28(26,27)13-15-5-3-2-4-6-15/h2-8,16-17H,9-13H2,1H3. The smallest absolute Gasteiger partial charge is 0.218 e. The van der Waals surface area contributed by atoms with Gasteiger partial charge < -0.3 is 4.90 Å². The summed E-state index contributed by atoms with van der Waals surface area (Å²) in [5, 5.41) is 12.8. The van der Waals surface area contributed by atoms with E-state index in [-0.39, 0.29) is 5.75 Å². The number of anilines is 1. The zero-order valence-corrected chi connectivity index (χ0v) is 16.5. The molecule has 0 radical (unpaired) electrons. The third kappa shape index (κ3) is 3.04. The fraction of sp³-hybridized carbons (Fsp3) is 0.421. The van der Waals surface area contributed by atoms with Gasteiger partial charge in [0.15, 0.2) is 11.5 Å². The van der Waals surface area contributed by atoms with E-state index in [2.05, 4.69) is 20.2 Å². The lowest BCUT2D eigenvalue weighted by molar-refractivity contribution is 0.452. The minimum atomic E-state index is -3.29. The summed E-state index contributed by atoms with van der Waals surface area (Å²) in [5.74, 6) is 2.40. The molecule has 4 heterocycles. The monoisotopic (exact) mass is 398 g/mol. The summed E-state index contributed by atoms with van der Waals surface area (Å²) in [6, 6.07) is 13.3. The molecular formula is C19H22N6O2S. The Balaban J connectivity index is 1.28. The average Bonchev–Trinajstić information content (AvgIpc) is 3.35. The quantitative estimate of drug-likeness (QED) is 0.659. The molecule has 2 unspecified atom stereocenters. The molecule has 146 valence electrons. The Bertz CT molecular complexity index is 1100. The van der Waals surface area contributed by atoms with Crippen LogP contribution < -0.4 is 4.90 Å². The van der Waals surface area contributed by atoms with Crippen molar-refractivity contribution >= 4 is 21.5 Å². The Morgan fingerprint density at radius 2 is 1.68 bits per heavy atom. The van der Waals surface area contributed by atoms with E-state index < -0.39 is 10.0 Å². The first-order valence-corrected chi connectivity index (χ1v) is 11.1. The van der Waals surface area contributed by atoms with E-state index in [1.807, 2.05) is 49.4 Å². The number of benzene rings is 1. The molecule has 28 heavy (non-hydrogen) atoms. The lowest BCUT2D eigenvalue weighted by atomic mass is 10.0. The van der Waals surface area contributed by atoms with Gasteiger partial charge >= 0.3 is 0 Å². The topological polar surface area (TPSA) is 83.7 Å². The number of rotatable bonds is 4. The maximum absolute atomic E-state index is 12.8. The average molecular weight is 398 g/mol. The second-order valence-electron chi connectivity index (χ2n) is 7.69. The van der Waals surface area contributed by atoms with Crippen molar-refractivity contribution in [3.8, 4) is 0 Å². The van der Waals surface area contributed by atoms with E-state index in [0.717, 1.165) is 35.9 Å². The van der Waals surface area contributed by atoms with Gasteiger partial charge in [-0.25, -0.2) is 12.7 Å². The van der Waals surface area contributed by atoms with Crippen LogP contribution in [-0.4, -0.2) is 58.7 Å². The van der Waals surface area contributed by atoms with Gasteiger partial charge in [0.1, 0.15) is 5.82 Å². The lowest BCUT2D eigenvalue weighted by Crippen LogP contribution is -2.34. The van der Waals surface area contributed by atoms with Crippen molar-refractivity contribution in [2.45, 2.75) is 12.7 Å². The van der Waals surface area contributed by atoms with Crippen molar-refractivity contribution < 1.29 is 8.42 Å². The molecule has 2 saturated heterocycles. The number of aromatic nitrogens is 4. The summed E-state index contributed by atoms with van der Waals surface area (Å²) in [5.41, 5.74) is 1.57. The molecule has 3 aromatic rings. The van der Waals surface area contributed by atoms with Gasteiger partial charge in [0.05, 0.1) is 5.75 Å². The Morgan fingerprint density at radius 1 is 0.964 bits per heavy atom. The highest BCUT2D eigenvalue weighted by Crippen LogP contribution is 2.35. The molecule has 0 spiro atoms. The van der Waals surface area contributed by atoms with Crippen molar-refractivity contribution in [1.82, 2.24) is 24.1 Å². The maximum atomic E-state index is 12.8. The Kier molecular flexibility index (Phi) is 4.09. The normalized spacial score (nSPS) is 22.8. The van der Waals surface area contributed by atoms with Crippen molar-refractivity contribution in [1.29, 1.82) is 0 Å². The van der Waals surface area contributed by atoms with Crippen molar-refractivity contribution in [3.63, 3.8) is 0 Å². The Hall–Kier alpha value is -2.52. The van der Waals surface area contributed by atoms with E-state index in [4.69, 9.17) is 0 Å². The van der Waals surface area contributed by atoms with Crippen molar-refractivity contribution in [2.24, 2.45) is 11.8 Å². The van der Waals surface area contributed by atoms with Crippen LogP contribution in [0.15, 0.2) is 42.5 Å². The first-order valence-electron chi connectivity index (χ1n) is 9.45. The number of nitrogens with zero attached hydrogens (tertiary/aromatic N) is 6. The van der Waals surface area contributed by atoms with E-state index in [9.17, 15) is 8.42 Å². The molecule has 2 aromatic heterocycles. The molecule has 0 saturated carbocycles. The second kappa shape index (κ2) is 6.52. The molecule has 2 atom stereocenters. The van der Waals surface area contributed by atoms with E-state index >= 15 is 0 Å². The highest BCUT2D eigenvalue weighted by molar-refractivity contribution is 7.88. The largest absolute Gasteiger partial charge is 0.355 e. The van der Waals surface area contributed by atoms with Crippen molar-refractivity contribution in [2.75, 3.05) is 31.1 Å². The summed E-state index contributed by atoms with van der Waals surface area (Å²) < 4.78 is 29.1. The van der Waals surface area contributed by atoms with Gasteiger partial charge in [-0.15, -0.1) is 15.3 Å². The predicted octanol–water partition coefficient (Wildman–Crippen LogP) is 1.33. The summed E-state index contributed by atoms with van der Waals surface area (Å²) >= 11 is 0. The van der Waals surface area contributed by atoms with Crippen LogP contribution in [0.5, 0.6) is 0 Å². The second-order valence-corrected chi connectivity index (χ2v) is 9.66. The van der Waals surface area contributed by atoms with E-state index in [1.165, 1.54) is 0 Å². The molecule has 0 amide bonds. The highest BCUT2D eigenvalue weighted by atomic mass is 32.2. The molecule has 5 rings (SSSR count). The minimum absolute atomic E-state index is 0.0716. The van der Waals surface area contributed by atoms with Crippen LogP contribution in [0.25, 0.3) is 5.65 Å². The van der Waals surface area contributed by atoms with Gasteiger partial charge in [0, 0.05) is 26.2 Å². The summed E-state index contributed by atoms with van der Waals surface area (Å²) in [6.45, 7) is 4.70. The van der Waals surface area contributed by atoms with Crippen LogP contribution in [0.4, 0.5) is 5.82 Å². The SMILES string of the molecule is Cc1nnc2ccc(N3CC4CN(S(=O)(=O)Cc5ccccc5)CC4C3)nn12. The Morgan fingerprint density at radius 3 is 2.39 bits per heavy atom. The van der Waals surface area contributed by atoms with Crippen LogP contribution in [-0.2, 0) is 15.8 Å². The van der Waals surface area contributed by atoms with Gasteiger partial charge in [-0.2, -0.15) is 4.52 Å². The molecule has 0 aliphatic carbocycles. The third-order valence-electron chi connectivity index (χ3n) is 5.77. The maximum Gasteiger partial charge on any atom is 0.218 e. The number of hydrogen-bond donors (Lipinski definition) is 0. The number of aryl methyl sites for hydroxylation is 1. The molecule has 2 aliphatic rings. The molecular weight excluding hydrogens is 376 g/mol. The van der Waals surface area contributed by atoms with Gasteiger partial charge in [0.25, 0.3) is 0 Å². The highest BCUT2D eigenvalue weighted by Gasteiger charge is 2.44. The van der Waals surface area contributed by atoms with Crippen LogP contribution in [0.3, 0.4) is 0 Å². The van der Waals surface area contributed by atoms with Crippen LogP contribution in [0, 0.1) is 18.8 Å². The minimum Gasteiger partial charge on any atom is -0.355 e. The molecule has 9 heteroatoms. The molecule has 2 aliphatic heterocycles. The number of hydrogen-bond acceptors (Lipinski definition) is 6. The van der Waals surface area contributed by atoms with Crippen molar-refractivity contribution in [3.05, 3.63) is 53.9 Å². The summed E-state index contributed by atoms with van der Waals surface area (Å²) in [6.07, 6.45) is 0. The Labute approximate surface area is 163 Å². The lowest BCUT2D eigenvalue weighted by Gasteiger charge is -2.22. The van der Waals surface area contributed by atoms with Crippen LogP contribution in [0.1, 0.15) is 11.4 Å². The van der Waals surface area contributed by atoms with Crippen LogP contribution in [0.2, 0.25) is 0 Å². The fourth-order valence-corrected chi connectivity index (χ4v) is 5.93. The zero-order chi connectivity index (χ0) is 19.3. The summed E-state index contributed by atoms with van der Waals surface area (Å²) in [4.78, 5) is 2.25. The molecule has 2 fully saturated rings. The van der Waals surface area contributed by atoms with Gasteiger partial charge in [-0.05, 0) is 36.5 Å². The first-order chi connectivity index (χ1) is 13.5. The van der Waals surface area contributed by atoms with Gasteiger partial charge in [-0.3, -0.25) is 0 Å². The molecule has 0 bridgehead atoms. The predicted molar refractivity (Wildman–Crippen MR) is 105 cm³/mol. The fourth-order valence-electron chi connectivity index (χ4n) is 4.30. The van der Waals surface area contributed by atoms with Gasteiger partial charge in [-0.1, -0.05) is 30.3 Å². The van der Waals surface area contributed by atoms with E-state index in [0.29, 0.717) is 24.9 Å². The van der Waals surface area contributed by atoms with Crippen LogP contribution >= 0.6 is 0 Å². The number of fused-ring (bicyclic) bond motifs is 2. The van der Waals surface area contributed by atoms with E-state index in [1.54, 1.807) is 8.82 Å². The van der Waals surface area contributed by atoms with Gasteiger partial charge in [0.2, 0.25) is 10.0 Å². The zero-order valence-electron chi connectivity index (χ0n) is 15.6. The third-order valence-corrected chi connectivity index (χ3v) is 7.55. The first kappa shape index (κ1) is 17.6. The summed E-state index contributed by atoms with van der Waals surface area (Å²) in [7, 11) is -3.29. The number of sulfonamides is 1.